The first-order chi connectivity index (χ1) is 12.9. The van der Waals surface area contributed by atoms with Crippen LogP contribution in [0.3, 0.4) is 0 Å². The van der Waals surface area contributed by atoms with Gasteiger partial charge in [0.1, 0.15) is 0 Å². The van der Waals surface area contributed by atoms with Gasteiger partial charge in [-0.2, -0.15) is 5.10 Å². The minimum atomic E-state index is -0.542. The number of piperidine rings is 1. The zero-order valence-corrected chi connectivity index (χ0v) is 14.9. The molecule has 8 nitrogen and oxygen atoms in total. The normalized spacial score (nSPS) is 20.5. The number of aromatic amines is 1. The molecular weight excluding hydrogens is 353 g/mol. The molecule has 1 spiro atoms. The van der Waals surface area contributed by atoms with Crippen molar-refractivity contribution in [3.63, 3.8) is 0 Å². The summed E-state index contributed by atoms with van der Waals surface area (Å²) in [5, 5.41) is 6.79. The number of ether oxygens (including phenoxy) is 1. The van der Waals surface area contributed by atoms with E-state index >= 15 is 0 Å². The summed E-state index contributed by atoms with van der Waals surface area (Å²) in [6, 6.07) is 2.97. The largest absolute Gasteiger partial charge is 0.481 e. The van der Waals surface area contributed by atoms with Gasteiger partial charge in [0.25, 0.3) is 5.91 Å². The third-order valence-corrected chi connectivity index (χ3v) is 5.50. The van der Waals surface area contributed by atoms with E-state index in [1.807, 2.05) is 0 Å². The van der Waals surface area contributed by atoms with E-state index in [1.54, 1.807) is 4.90 Å². The number of hydrogen-bond acceptors (Lipinski definition) is 5. The van der Waals surface area contributed by atoms with E-state index in [0.717, 1.165) is 19.0 Å². The average molecular weight is 373 g/mol. The molecule has 2 aliphatic rings. The highest BCUT2D eigenvalue weighted by Gasteiger charge is 2.54. The summed E-state index contributed by atoms with van der Waals surface area (Å²) in [6.45, 7) is 0.464. The van der Waals surface area contributed by atoms with Gasteiger partial charge in [0, 0.05) is 29.6 Å². The number of nitrogens with two attached hydrogens (primary N) is 1. The molecule has 2 amide bonds. The molecule has 27 heavy (non-hydrogen) atoms. The fourth-order valence-electron chi connectivity index (χ4n) is 3.82. The second-order valence-electron chi connectivity index (χ2n) is 7.15. The number of hydrogen-bond donors (Lipinski definition) is 2. The van der Waals surface area contributed by atoms with E-state index in [-0.39, 0.29) is 40.4 Å². The Morgan fingerprint density at radius 3 is 2.85 bits per heavy atom. The van der Waals surface area contributed by atoms with Gasteiger partial charge in [-0.3, -0.25) is 14.7 Å². The van der Waals surface area contributed by atoms with Gasteiger partial charge in [0.2, 0.25) is 11.8 Å². The molecule has 1 aliphatic heterocycles. The van der Waals surface area contributed by atoms with E-state index in [0.29, 0.717) is 25.1 Å². The van der Waals surface area contributed by atoms with Crippen LogP contribution in [-0.4, -0.2) is 51.1 Å². The van der Waals surface area contributed by atoms with E-state index in [9.17, 15) is 14.0 Å². The quantitative estimate of drug-likeness (QED) is 0.843. The Kier molecular flexibility index (Phi) is 4.09. The smallest absolute Gasteiger partial charge is 0.274 e. The maximum absolute atomic E-state index is 14.1. The molecule has 1 saturated carbocycles. The van der Waals surface area contributed by atoms with E-state index in [2.05, 4.69) is 15.2 Å². The van der Waals surface area contributed by atoms with Crippen LogP contribution >= 0.6 is 0 Å². The highest BCUT2D eigenvalue weighted by molar-refractivity contribution is 5.94. The van der Waals surface area contributed by atoms with Crippen molar-refractivity contribution in [2.75, 3.05) is 13.7 Å². The number of nitrogens with zero attached hydrogens (tertiary/aromatic N) is 3. The lowest BCUT2D eigenvalue weighted by molar-refractivity contribution is -0.123. The Morgan fingerprint density at radius 2 is 2.19 bits per heavy atom. The first kappa shape index (κ1) is 17.4. The van der Waals surface area contributed by atoms with E-state index in [4.69, 9.17) is 10.5 Å². The molecule has 0 bridgehead atoms. The molecule has 2 aromatic heterocycles. The number of likely N-dealkylation sites (tertiary alicyclic amines) is 1. The Hall–Kier alpha value is -2.97. The number of aromatic nitrogens is 3. The number of nitrogens with one attached hydrogen (secondary N) is 1. The number of methoxy groups -OCH3 is 1. The van der Waals surface area contributed by atoms with Crippen molar-refractivity contribution in [2.24, 2.45) is 11.7 Å². The summed E-state index contributed by atoms with van der Waals surface area (Å²) in [7, 11) is 1.44. The number of halogens is 1. The van der Waals surface area contributed by atoms with Crippen LogP contribution in [0.2, 0.25) is 0 Å². The number of carbonyl (C=O) groups is 2. The fourth-order valence-corrected chi connectivity index (χ4v) is 3.82. The number of rotatable bonds is 4. The standard InChI is InChI=1S/C18H20FN5O3/c1-27-15-6-11(12(19)9-21-15)13-7-14(23-22-13)17(26)24-5-2-10(16(20)25)8-18(24)3-4-18/h6-7,9-10H,2-5,8H2,1H3,(H2,20,25)(H,22,23). The molecule has 142 valence electrons. The molecule has 1 atom stereocenters. The molecule has 1 aliphatic carbocycles. The Bertz CT molecular complexity index is 908. The molecule has 9 heteroatoms. The van der Waals surface area contributed by atoms with Crippen molar-refractivity contribution < 1.29 is 18.7 Å². The number of carbonyl (C=O) groups excluding carboxylic acids is 2. The zero-order chi connectivity index (χ0) is 19.2. The monoisotopic (exact) mass is 373 g/mol. The molecule has 2 aromatic rings. The number of primary amides is 1. The molecule has 4 rings (SSSR count). The van der Waals surface area contributed by atoms with Gasteiger partial charge in [-0.15, -0.1) is 0 Å². The topological polar surface area (TPSA) is 114 Å². The fraction of sp³-hybridized carbons (Fsp3) is 0.444. The molecule has 0 radical (unpaired) electrons. The summed E-state index contributed by atoms with van der Waals surface area (Å²) in [5.74, 6) is -1.000. The minimum Gasteiger partial charge on any atom is -0.481 e. The second kappa shape index (κ2) is 6.33. The maximum atomic E-state index is 14.1. The van der Waals surface area contributed by atoms with Crippen LogP contribution in [-0.2, 0) is 4.79 Å². The van der Waals surface area contributed by atoms with Crippen molar-refractivity contribution in [3.05, 3.63) is 29.8 Å². The number of pyridine rings is 1. The van der Waals surface area contributed by atoms with Crippen molar-refractivity contribution in [3.8, 4) is 17.1 Å². The van der Waals surface area contributed by atoms with Crippen LogP contribution in [0.5, 0.6) is 5.88 Å². The van der Waals surface area contributed by atoms with Gasteiger partial charge < -0.3 is 15.4 Å². The summed E-state index contributed by atoms with van der Waals surface area (Å²) in [6.07, 6.45) is 3.92. The lowest BCUT2D eigenvalue weighted by atomic mass is 9.88. The van der Waals surface area contributed by atoms with Crippen LogP contribution in [0.15, 0.2) is 18.3 Å². The molecule has 1 saturated heterocycles. The molecule has 3 N–H and O–H groups in total. The Balaban J connectivity index is 1.57. The molecule has 1 unspecified atom stereocenters. The average Bonchev–Trinajstić information content (AvgIpc) is 3.24. The lowest BCUT2D eigenvalue weighted by Crippen LogP contribution is -2.50. The highest BCUT2D eigenvalue weighted by Crippen LogP contribution is 2.50. The molecule has 2 fully saturated rings. The van der Waals surface area contributed by atoms with Crippen LogP contribution in [0.1, 0.15) is 36.2 Å². The Morgan fingerprint density at radius 1 is 1.41 bits per heavy atom. The summed E-state index contributed by atoms with van der Waals surface area (Å²) < 4.78 is 19.1. The van der Waals surface area contributed by atoms with Gasteiger partial charge in [-0.05, 0) is 31.7 Å². The van der Waals surface area contributed by atoms with Gasteiger partial charge in [0.15, 0.2) is 11.5 Å². The highest BCUT2D eigenvalue weighted by atomic mass is 19.1. The zero-order valence-electron chi connectivity index (χ0n) is 14.9. The maximum Gasteiger partial charge on any atom is 0.274 e. The first-order valence-electron chi connectivity index (χ1n) is 8.80. The predicted molar refractivity (Wildman–Crippen MR) is 93.2 cm³/mol. The minimum absolute atomic E-state index is 0.190. The second-order valence-corrected chi connectivity index (χ2v) is 7.15. The van der Waals surface area contributed by atoms with Crippen molar-refractivity contribution in [2.45, 2.75) is 31.2 Å². The van der Waals surface area contributed by atoms with Crippen molar-refractivity contribution in [1.29, 1.82) is 0 Å². The van der Waals surface area contributed by atoms with Gasteiger partial charge in [0.05, 0.1) is 19.0 Å². The summed E-state index contributed by atoms with van der Waals surface area (Å²) >= 11 is 0. The van der Waals surface area contributed by atoms with E-state index in [1.165, 1.54) is 19.2 Å². The van der Waals surface area contributed by atoms with Crippen molar-refractivity contribution >= 4 is 11.8 Å². The van der Waals surface area contributed by atoms with Crippen LogP contribution in [0, 0.1) is 11.7 Å². The number of amides is 2. The Labute approximate surface area is 154 Å². The van der Waals surface area contributed by atoms with Crippen LogP contribution < -0.4 is 10.5 Å². The molecule has 3 heterocycles. The van der Waals surface area contributed by atoms with Gasteiger partial charge >= 0.3 is 0 Å². The SMILES string of the molecule is COc1cc(-c2cc(C(=O)N3CCC(C(N)=O)CC34CC4)n[nH]2)c(F)cn1. The van der Waals surface area contributed by atoms with Gasteiger partial charge in [-0.1, -0.05) is 0 Å². The molecular formula is C18H20FN5O3. The van der Waals surface area contributed by atoms with Crippen LogP contribution in [0.25, 0.3) is 11.3 Å². The third kappa shape index (κ3) is 3.02. The van der Waals surface area contributed by atoms with Crippen molar-refractivity contribution in [1.82, 2.24) is 20.1 Å². The van der Waals surface area contributed by atoms with Crippen LogP contribution in [0.4, 0.5) is 4.39 Å². The first-order valence-corrected chi connectivity index (χ1v) is 8.80. The predicted octanol–water partition coefficient (Wildman–Crippen LogP) is 1.49. The summed E-state index contributed by atoms with van der Waals surface area (Å²) in [4.78, 5) is 30.1. The summed E-state index contributed by atoms with van der Waals surface area (Å²) in [5.41, 5.74) is 5.96. The molecule has 0 aromatic carbocycles. The van der Waals surface area contributed by atoms with E-state index < -0.39 is 5.82 Å². The van der Waals surface area contributed by atoms with Gasteiger partial charge in [-0.25, -0.2) is 9.37 Å². The third-order valence-electron chi connectivity index (χ3n) is 5.50. The lowest BCUT2D eigenvalue weighted by Gasteiger charge is -2.38. The number of H-pyrrole nitrogens is 1.